The van der Waals surface area contributed by atoms with Crippen LogP contribution in [0.25, 0.3) is 0 Å². The number of hydrogen-bond acceptors (Lipinski definition) is 3. The quantitative estimate of drug-likeness (QED) is 0.876. The van der Waals surface area contributed by atoms with Crippen molar-refractivity contribution in [3.63, 3.8) is 0 Å². The van der Waals surface area contributed by atoms with Crippen molar-refractivity contribution in [2.75, 3.05) is 11.9 Å². The molecule has 0 radical (unpaired) electrons. The highest BCUT2D eigenvalue weighted by molar-refractivity contribution is 6.31. The first kappa shape index (κ1) is 11.9. The average molecular weight is 251 g/mol. The molecule has 1 aliphatic rings. The number of rotatable bonds is 2. The number of ether oxygens (including phenoxy) is 1. The van der Waals surface area contributed by atoms with Crippen molar-refractivity contribution in [1.29, 1.82) is 5.26 Å². The van der Waals surface area contributed by atoms with Gasteiger partial charge in [-0.2, -0.15) is 5.26 Å². The number of benzene rings is 1. The maximum atomic E-state index is 11.7. The monoisotopic (exact) mass is 250 g/mol. The molecule has 1 aromatic carbocycles. The van der Waals surface area contributed by atoms with E-state index in [0.29, 0.717) is 22.9 Å². The van der Waals surface area contributed by atoms with E-state index in [1.807, 2.05) is 6.07 Å². The van der Waals surface area contributed by atoms with Gasteiger partial charge in [0.1, 0.15) is 12.2 Å². The highest BCUT2D eigenvalue weighted by Crippen LogP contribution is 2.21. The number of nitrogens with zero attached hydrogens (tertiary/aromatic N) is 1. The molecule has 4 nitrogen and oxygen atoms in total. The molecule has 88 valence electrons. The molecule has 0 saturated carbocycles. The zero-order valence-electron chi connectivity index (χ0n) is 9.07. The first-order valence-corrected chi connectivity index (χ1v) is 5.70. The van der Waals surface area contributed by atoms with Gasteiger partial charge >= 0.3 is 0 Å². The van der Waals surface area contributed by atoms with Crippen LogP contribution in [0.15, 0.2) is 18.2 Å². The van der Waals surface area contributed by atoms with E-state index in [9.17, 15) is 4.79 Å². The molecule has 1 N–H and O–H groups in total. The third-order valence-corrected chi connectivity index (χ3v) is 2.91. The number of hydrogen-bond donors (Lipinski definition) is 1. The molecule has 0 aliphatic carbocycles. The van der Waals surface area contributed by atoms with E-state index < -0.39 is 0 Å². The van der Waals surface area contributed by atoms with Gasteiger partial charge in [-0.15, -0.1) is 0 Å². The Bertz CT molecular complexity index is 476. The predicted molar refractivity (Wildman–Crippen MR) is 63.8 cm³/mol. The molecule has 0 bridgehead atoms. The van der Waals surface area contributed by atoms with Crippen molar-refractivity contribution in [2.45, 2.75) is 18.9 Å². The summed E-state index contributed by atoms with van der Waals surface area (Å²) < 4.78 is 5.26. The fourth-order valence-electron chi connectivity index (χ4n) is 1.70. The molecule has 1 aromatic rings. The zero-order chi connectivity index (χ0) is 12.3. The number of halogens is 1. The summed E-state index contributed by atoms with van der Waals surface area (Å²) in [5, 5.41) is 11.9. The van der Waals surface area contributed by atoms with Gasteiger partial charge in [-0.25, -0.2) is 0 Å². The highest BCUT2D eigenvalue weighted by atomic mass is 35.5. The molecule has 0 aromatic heterocycles. The molecule has 1 fully saturated rings. The van der Waals surface area contributed by atoms with Gasteiger partial charge < -0.3 is 10.1 Å². The summed E-state index contributed by atoms with van der Waals surface area (Å²) >= 11 is 5.80. The lowest BCUT2D eigenvalue weighted by atomic mass is 10.2. The van der Waals surface area contributed by atoms with Crippen LogP contribution in [0, 0.1) is 11.3 Å². The number of nitriles is 1. The molecule has 0 unspecified atom stereocenters. The van der Waals surface area contributed by atoms with Crippen LogP contribution in [-0.4, -0.2) is 18.6 Å². The molecule has 17 heavy (non-hydrogen) atoms. The van der Waals surface area contributed by atoms with E-state index in [2.05, 4.69) is 5.32 Å². The van der Waals surface area contributed by atoms with E-state index >= 15 is 0 Å². The minimum atomic E-state index is -0.379. The number of amides is 1. The standard InChI is InChI=1S/C12H11ClN2O2/c13-10-4-3-9(6-8(10)7-14)15-12(16)11-2-1-5-17-11/h3-4,6,11H,1-2,5H2,(H,15,16)/t11-/m0/s1. The fourth-order valence-corrected chi connectivity index (χ4v) is 1.86. The van der Waals surface area contributed by atoms with Crippen molar-refractivity contribution < 1.29 is 9.53 Å². The molecular formula is C12H11ClN2O2. The molecule has 0 spiro atoms. The maximum absolute atomic E-state index is 11.7. The van der Waals surface area contributed by atoms with Gasteiger partial charge in [-0.1, -0.05) is 11.6 Å². The Morgan fingerprint density at radius 2 is 2.41 bits per heavy atom. The lowest BCUT2D eigenvalue weighted by molar-refractivity contribution is -0.124. The van der Waals surface area contributed by atoms with Crippen molar-refractivity contribution in [3.8, 4) is 6.07 Å². The summed E-state index contributed by atoms with van der Waals surface area (Å²) in [6.07, 6.45) is 1.27. The summed E-state index contributed by atoms with van der Waals surface area (Å²) in [4.78, 5) is 11.7. The highest BCUT2D eigenvalue weighted by Gasteiger charge is 2.23. The minimum Gasteiger partial charge on any atom is -0.368 e. The van der Waals surface area contributed by atoms with E-state index in [-0.39, 0.29) is 12.0 Å². The van der Waals surface area contributed by atoms with E-state index in [4.69, 9.17) is 21.6 Å². The Labute approximate surface area is 104 Å². The Hall–Kier alpha value is -1.57. The Morgan fingerprint density at radius 3 is 3.06 bits per heavy atom. The molecular weight excluding hydrogens is 240 g/mol. The topological polar surface area (TPSA) is 62.1 Å². The first-order valence-electron chi connectivity index (χ1n) is 5.33. The number of anilines is 1. The third kappa shape index (κ3) is 2.76. The van der Waals surface area contributed by atoms with Crippen LogP contribution >= 0.6 is 11.6 Å². The lowest BCUT2D eigenvalue weighted by Gasteiger charge is -2.10. The van der Waals surface area contributed by atoms with Crippen LogP contribution in [-0.2, 0) is 9.53 Å². The second-order valence-electron chi connectivity index (χ2n) is 3.80. The van der Waals surface area contributed by atoms with E-state index in [1.54, 1.807) is 18.2 Å². The van der Waals surface area contributed by atoms with Gasteiger partial charge in [-0.05, 0) is 31.0 Å². The van der Waals surface area contributed by atoms with Crippen molar-refractivity contribution in [3.05, 3.63) is 28.8 Å². The Kier molecular flexibility index (Phi) is 3.62. The third-order valence-electron chi connectivity index (χ3n) is 2.58. The Balaban J connectivity index is 2.08. The summed E-state index contributed by atoms with van der Waals surface area (Å²) in [5.41, 5.74) is 0.906. The normalized spacial score (nSPS) is 18.7. The second kappa shape index (κ2) is 5.17. The summed E-state index contributed by atoms with van der Waals surface area (Å²) in [5.74, 6) is -0.172. The summed E-state index contributed by atoms with van der Waals surface area (Å²) in [6, 6.07) is 6.77. The lowest BCUT2D eigenvalue weighted by Crippen LogP contribution is -2.26. The predicted octanol–water partition coefficient (Wildman–Crippen LogP) is 2.33. The number of carbonyl (C=O) groups is 1. The minimum absolute atomic E-state index is 0.172. The van der Waals surface area contributed by atoms with Crippen LogP contribution in [0.1, 0.15) is 18.4 Å². The average Bonchev–Trinajstić information content (AvgIpc) is 2.85. The smallest absolute Gasteiger partial charge is 0.253 e. The van der Waals surface area contributed by atoms with Crippen LogP contribution in [0.5, 0.6) is 0 Å². The van der Waals surface area contributed by atoms with Gasteiger partial charge in [0.15, 0.2) is 0 Å². The second-order valence-corrected chi connectivity index (χ2v) is 4.20. The van der Waals surface area contributed by atoms with E-state index in [1.165, 1.54) is 0 Å². The number of carbonyl (C=O) groups excluding carboxylic acids is 1. The van der Waals surface area contributed by atoms with E-state index in [0.717, 1.165) is 12.8 Å². The van der Waals surface area contributed by atoms with Gasteiger partial charge in [-0.3, -0.25) is 4.79 Å². The SMILES string of the molecule is N#Cc1cc(NC(=O)[C@@H]2CCCO2)ccc1Cl. The molecule has 5 heteroatoms. The van der Waals surface area contributed by atoms with Crippen LogP contribution < -0.4 is 5.32 Å². The molecule has 1 saturated heterocycles. The molecule has 1 atom stereocenters. The molecule has 1 aliphatic heterocycles. The Morgan fingerprint density at radius 1 is 1.59 bits per heavy atom. The van der Waals surface area contributed by atoms with Crippen molar-refractivity contribution in [1.82, 2.24) is 0 Å². The molecule has 1 amide bonds. The van der Waals surface area contributed by atoms with Crippen LogP contribution in [0.3, 0.4) is 0 Å². The molecule has 1 heterocycles. The number of nitrogens with one attached hydrogen (secondary N) is 1. The summed E-state index contributed by atoms with van der Waals surface area (Å²) in [6.45, 7) is 0.627. The van der Waals surface area contributed by atoms with Crippen LogP contribution in [0.2, 0.25) is 5.02 Å². The fraction of sp³-hybridized carbons (Fsp3) is 0.333. The van der Waals surface area contributed by atoms with Crippen molar-refractivity contribution in [2.24, 2.45) is 0 Å². The van der Waals surface area contributed by atoms with Gasteiger partial charge in [0.2, 0.25) is 0 Å². The van der Waals surface area contributed by atoms with Gasteiger partial charge in [0.05, 0.1) is 10.6 Å². The largest absolute Gasteiger partial charge is 0.368 e. The molecule has 2 rings (SSSR count). The summed E-state index contributed by atoms with van der Waals surface area (Å²) in [7, 11) is 0. The van der Waals surface area contributed by atoms with Crippen molar-refractivity contribution >= 4 is 23.2 Å². The van der Waals surface area contributed by atoms with Crippen LogP contribution in [0.4, 0.5) is 5.69 Å². The first-order chi connectivity index (χ1) is 8.20. The van der Waals surface area contributed by atoms with Gasteiger partial charge in [0, 0.05) is 12.3 Å². The van der Waals surface area contributed by atoms with Gasteiger partial charge in [0.25, 0.3) is 5.91 Å². The maximum Gasteiger partial charge on any atom is 0.253 e. The zero-order valence-corrected chi connectivity index (χ0v) is 9.83.